The molecule has 27 heavy (non-hydrogen) atoms. The summed E-state index contributed by atoms with van der Waals surface area (Å²) in [6.07, 6.45) is 0.481. The van der Waals surface area contributed by atoms with Gasteiger partial charge in [0.2, 0.25) is 17.6 Å². The molecule has 3 rings (SSSR count). The second-order valence-corrected chi connectivity index (χ2v) is 6.86. The molecule has 1 aromatic carbocycles. The van der Waals surface area contributed by atoms with Gasteiger partial charge in [-0.2, -0.15) is 4.80 Å². The fourth-order valence-electron chi connectivity index (χ4n) is 2.74. The van der Waals surface area contributed by atoms with Gasteiger partial charge in [0.1, 0.15) is 6.54 Å². The molecule has 0 unspecified atom stereocenters. The largest absolute Gasteiger partial charge is 0.378 e. The summed E-state index contributed by atoms with van der Waals surface area (Å²) in [6.45, 7) is 6.34. The lowest BCUT2D eigenvalue weighted by Gasteiger charge is -2.26. The normalized spacial score (nSPS) is 14.4. The van der Waals surface area contributed by atoms with Crippen LogP contribution in [0.1, 0.15) is 20.3 Å². The number of hydrogen-bond acceptors (Lipinski definition) is 6. The van der Waals surface area contributed by atoms with Gasteiger partial charge in [0, 0.05) is 30.8 Å². The minimum atomic E-state index is -0.0505. The van der Waals surface area contributed by atoms with E-state index in [9.17, 15) is 9.59 Å². The average Bonchev–Trinajstić information content (AvgIpc) is 3.11. The van der Waals surface area contributed by atoms with Gasteiger partial charge in [-0.1, -0.05) is 13.8 Å². The third-order valence-corrected chi connectivity index (χ3v) is 4.11. The van der Waals surface area contributed by atoms with E-state index < -0.39 is 0 Å². The van der Waals surface area contributed by atoms with Crippen LogP contribution in [0.5, 0.6) is 0 Å². The second-order valence-electron chi connectivity index (χ2n) is 6.86. The molecule has 1 aliphatic heterocycles. The Labute approximate surface area is 157 Å². The third-order valence-electron chi connectivity index (χ3n) is 4.11. The van der Waals surface area contributed by atoms with Crippen molar-refractivity contribution >= 4 is 17.5 Å². The Morgan fingerprint density at radius 3 is 2.56 bits per heavy atom. The molecule has 0 radical (unpaired) electrons. The van der Waals surface area contributed by atoms with Gasteiger partial charge in [-0.05, 0) is 35.4 Å². The SMILES string of the molecule is CC(C)CC(=O)Nc1ccc(-c2nnn(CC(=O)N3CCOCC3)n2)cc1. The number of rotatable bonds is 6. The molecule has 1 fully saturated rings. The highest BCUT2D eigenvalue weighted by atomic mass is 16.5. The molecule has 2 amide bonds. The monoisotopic (exact) mass is 372 g/mol. The van der Waals surface area contributed by atoms with Crippen LogP contribution in [0.25, 0.3) is 11.4 Å². The van der Waals surface area contributed by atoms with Gasteiger partial charge in [0.25, 0.3) is 0 Å². The quantitative estimate of drug-likeness (QED) is 0.817. The van der Waals surface area contributed by atoms with Gasteiger partial charge in [-0.3, -0.25) is 9.59 Å². The first-order chi connectivity index (χ1) is 13.0. The number of carbonyl (C=O) groups excluding carboxylic acids is 2. The lowest BCUT2D eigenvalue weighted by Crippen LogP contribution is -2.42. The molecule has 1 saturated heterocycles. The van der Waals surface area contributed by atoms with Crippen molar-refractivity contribution in [2.24, 2.45) is 5.92 Å². The zero-order chi connectivity index (χ0) is 19.2. The molecular weight excluding hydrogens is 348 g/mol. The Morgan fingerprint density at radius 2 is 1.89 bits per heavy atom. The van der Waals surface area contributed by atoms with Crippen LogP contribution in [-0.2, 0) is 20.9 Å². The van der Waals surface area contributed by atoms with Crippen LogP contribution >= 0.6 is 0 Å². The molecule has 0 bridgehead atoms. The zero-order valence-corrected chi connectivity index (χ0v) is 15.6. The highest BCUT2D eigenvalue weighted by Gasteiger charge is 2.18. The summed E-state index contributed by atoms with van der Waals surface area (Å²) < 4.78 is 5.24. The van der Waals surface area contributed by atoms with E-state index in [2.05, 4.69) is 20.7 Å². The maximum Gasteiger partial charge on any atom is 0.246 e. The van der Waals surface area contributed by atoms with E-state index in [1.807, 2.05) is 26.0 Å². The van der Waals surface area contributed by atoms with Gasteiger partial charge in [-0.25, -0.2) is 0 Å². The van der Waals surface area contributed by atoms with Gasteiger partial charge in [-0.15, -0.1) is 10.2 Å². The van der Waals surface area contributed by atoms with E-state index >= 15 is 0 Å². The van der Waals surface area contributed by atoms with Gasteiger partial charge < -0.3 is 15.0 Å². The van der Waals surface area contributed by atoms with Gasteiger partial charge in [0.05, 0.1) is 13.2 Å². The number of nitrogens with zero attached hydrogens (tertiary/aromatic N) is 5. The fraction of sp³-hybridized carbons (Fsp3) is 0.500. The van der Waals surface area contributed by atoms with Crippen LogP contribution in [0.15, 0.2) is 24.3 Å². The number of morpholine rings is 1. The van der Waals surface area contributed by atoms with Gasteiger partial charge >= 0.3 is 0 Å². The minimum Gasteiger partial charge on any atom is -0.378 e. The second kappa shape index (κ2) is 8.72. The summed E-state index contributed by atoms with van der Waals surface area (Å²) in [6, 6.07) is 7.23. The highest BCUT2D eigenvalue weighted by Crippen LogP contribution is 2.17. The molecular formula is C18H24N6O3. The smallest absolute Gasteiger partial charge is 0.246 e. The summed E-state index contributed by atoms with van der Waals surface area (Å²) in [5.74, 6) is 0.683. The van der Waals surface area contributed by atoms with Crippen LogP contribution in [0, 0.1) is 5.92 Å². The number of anilines is 1. The van der Waals surface area contributed by atoms with Crippen molar-refractivity contribution in [3.05, 3.63) is 24.3 Å². The first-order valence-corrected chi connectivity index (χ1v) is 9.05. The fourth-order valence-corrected chi connectivity index (χ4v) is 2.74. The van der Waals surface area contributed by atoms with Crippen molar-refractivity contribution < 1.29 is 14.3 Å². The van der Waals surface area contributed by atoms with Crippen LogP contribution in [-0.4, -0.2) is 63.2 Å². The lowest BCUT2D eigenvalue weighted by molar-refractivity contribution is -0.136. The van der Waals surface area contributed by atoms with Crippen molar-refractivity contribution in [1.82, 2.24) is 25.1 Å². The summed E-state index contributed by atoms with van der Waals surface area (Å²) in [4.78, 5) is 27.1. The first-order valence-electron chi connectivity index (χ1n) is 9.05. The average molecular weight is 372 g/mol. The number of tetrazole rings is 1. The van der Waals surface area contributed by atoms with Crippen LogP contribution in [0.2, 0.25) is 0 Å². The number of ether oxygens (including phenoxy) is 1. The maximum absolute atomic E-state index is 12.2. The van der Waals surface area contributed by atoms with E-state index in [1.165, 1.54) is 4.80 Å². The number of hydrogen-bond donors (Lipinski definition) is 1. The minimum absolute atomic E-state index is 0.0107. The standard InChI is InChI=1S/C18H24N6O3/c1-13(2)11-16(25)19-15-5-3-14(4-6-15)18-20-22-24(21-18)12-17(26)23-7-9-27-10-8-23/h3-6,13H,7-12H2,1-2H3,(H,19,25). The number of nitrogens with one attached hydrogen (secondary N) is 1. The Morgan fingerprint density at radius 1 is 1.19 bits per heavy atom. The molecule has 144 valence electrons. The topological polar surface area (TPSA) is 102 Å². The van der Waals surface area contributed by atoms with Crippen molar-refractivity contribution in [2.45, 2.75) is 26.8 Å². The van der Waals surface area contributed by atoms with E-state index in [4.69, 9.17) is 4.74 Å². The van der Waals surface area contributed by atoms with Crippen molar-refractivity contribution in [3.8, 4) is 11.4 Å². The predicted molar refractivity (Wildman–Crippen MR) is 98.7 cm³/mol. The number of amides is 2. The van der Waals surface area contributed by atoms with Crippen molar-refractivity contribution in [1.29, 1.82) is 0 Å². The Hall–Kier alpha value is -2.81. The highest BCUT2D eigenvalue weighted by molar-refractivity contribution is 5.91. The Kier molecular flexibility index (Phi) is 6.12. The molecule has 0 spiro atoms. The van der Waals surface area contributed by atoms with Crippen molar-refractivity contribution in [3.63, 3.8) is 0 Å². The molecule has 1 aliphatic rings. The molecule has 9 heteroatoms. The van der Waals surface area contributed by atoms with Crippen LogP contribution in [0.4, 0.5) is 5.69 Å². The van der Waals surface area contributed by atoms with Crippen LogP contribution < -0.4 is 5.32 Å². The van der Waals surface area contributed by atoms with Crippen molar-refractivity contribution in [2.75, 3.05) is 31.6 Å². The van der Waals surface area contributed by atoms with E-state index in [1.54, 1.807) is 17.0 Å². The summed E-state index contributed by atoms with van der Waals surface area (Å²) in [5, 5.41) is 15.1. The molecule has 0 atom stereocenters. The maximum atomic E-state index is 12.2. The molecule has 1 aromatic heterocycles. The summed E-state index contributed by atoms with van der Waals surface area (Å²) >= 11 is 0. The van der Waals surface area contributed by atoms with E-state index in [0.29, 0.717) is 44.5 Å². The molecule has 9 nitrogen and oxygen atoms in total. The molecule has 0 saturated carbocycles. The molecule has 2 aromatic rings. The van der Waals surface area contributed by atoms with E-state index in [0.717, 1.165) is 11.3 Å². The third kappa shape index (κ3) is 5.33. The number of benzene rings is 1. The van der Waals surface area contributed by atoms with Gasteiger partial charge in [0.15, 0.2) is 0 Å². The Bertz CT molecular complexity index is 781. The first kappa shape index (κ1) is 19.0. The van der Waals surface area contributed by atoms with E-state index in [-0.39, 0.29) is 18.4 Å². The lowest BCUT2D eigenvalue weighted by atomic mass is 10.1. The molecule has 2 heterocycles. The summed E-state index contributed by atoms with van der Waals surface area (Å²) in [5.41, 5.74) is 1.49. The molecule has 0 aliphatic carbocycles. The Balaban J connectivity index is 1.59. The van der Waals surface area contributed by atoms with Crippen LogP contribution in [0.3, 0.4) is 0 Å². The summed E-state index contributed by atoms with van der Waals surface area (Å²) in [7, 11) is 0. The predicted octanol–water partition coefficient (Wildman–Crippen LogP) is 1.18. The number of aromatic nitrogens is 4. The molecule has 1 N–H and O–H groups in total. The zero-order valence-electron chi connectivity index (χ0n) is 15.6. The number of carbonyl (C=O) groups is 2.